The topological polar surface area (TPSA) is 50.5 Å². The maximum Gasteiger partial charge on any atom is 0.293 e. The van der Waals surface area contributed by atoms with Crippen LogP contribution in [0.1, 0.15) is 11.3 Å². The van der Waals surface area contributed by atoms with E-state index in [2.05, 4.69) is 15.9 Å². The van der Waals surface area contributed by atoms with Crippen LogP contribution >= 0.6 is 27.7 Å². The van der Waals surface area contributed by atoms with Gasteiger partial charge in [0.2, 0.25) is 0 Å². The maximum atomic E-state index is 12.3. The molecule has 2 amide bonds. The van der Waals surface area contributed by atoms with Crippen molar-refractivity contribution in [2.45, 2.75) is 6.54 Å². The van der Waals surface area contributed by atoms with Crippen LogP contribution in [0, 0.1) is 0 Å². The van der Waals surface area contributed by atoms with Gasteiger partial charge in [0.05, 0.1) is 17.7 Å². The Kier molecular flexibility index (Phi) is 3.98. The van der Waals surface area contributed by atoms with Gasteiger partial charge < -0.3 is 4.42 Å². The monoisotopic (exact) mass is 363 g/mol. The summed E-state index contributed by atoms with van der Waals surface area (Å²) in [6.07, 6.45) is 3.12. The number of carbonyl (C=O) groups is 2. The fourth-order valence-corrected chi connectivity index (χ4v) is 2.99. The van der Waals surface area contributed by atoms with E-state index in [1.54, 1.807) is 18.2 Å². The Morgan fingerprint density at radius 1 is 1.19 bits per heavy atom. The van der Waals surface area contributed by atoms with Gasteiger partial charge in [-0.1, -0.05) is 28.1 Å². The van der Waals surface area contributed by atoms with Crippen molar-refractivity contribution in [2.24, 2.45) is 0 Å². The van der Waals surface area contributed by atoms with Crippen molar-refractivity contribution in [2.75, 3.05) is 0 Å². The highest BCUT2D eigenvalue weighted by molar-refractivity contribution is 9.10. The normalized spacial score (nSPS) is 17.0. The summed E-state index contributed by atoms with van der Waals surface area (Å²) in [7, 11) is 0. The van der Waals surface area contributed by atoms with Gasteiger partial charge in [-0.3, -0.25) is 14.5 Å². The Bertz CT molecular complexity index is 707. The minimum absolute atomic E-state index is 0.263. The molecule has 1 saturated heterocycles. The van der Waals surface area contributed by atoms with E-state index >= 15 is 0 Å². The van der Waals surface area contributed by atoms with Crippen LogP contribution in [-0.4, -0.2) is 16.0 Å². The quantitative estimate of drug-likeness (QED) is 0.763. The van der Waals surface area contributed by atoms with Gasteiger partial charge in [-0.2, -0.15) is 0 Å². The molecule has 0 saturated carbocycles. The van der Waals surface area contributed by atoms with Gasteiger partial charge in [0.15, 0.2) is 0 Å². The smallest absolute Gasteiger partial charge is 0.293 e. The lowest BCUT2D eigenvalue weighted by atomic mass is 10.2. The maximum absolute atomic E-state index is 12.3. The molecular weight excluding hydrogens is 354 g/mol. The van der Waals surface area contributed by atoms with E-state index in [0.29, 0.717) is 10.7 Å². The van der Waals surface area contributed by atoms with Crippen molar-refractivity contribution in [3.63, 3.8) is 0 Å². The summed E-state index contributed by atoms with van der Waals surface area (Å²) in [4.78, 5) is 25.9. The van der Waals surface area contributed by atoms with Crippen LogP contribution in [0.4, 0.5) is 4.79 Å². The molecule has 2 aromatic rings. The van der Waals surface area contributed by atoms with Gasteiger partial charge in [-0.05, 0) is 41.6 Å². The Labute approximate surface area is 133 Å². The molecule has 0 radical (unpaired) electrons. The molecule has 4 nitrogen and oxygen atoms in total. The molecule has 106 valence electrons. The summed E-state index contributed by atoms with van der Waals surface area (Å²) in [5, 5.41) is -0.263. The molecule has 0 N–H and O–H groups in total. The summed E-state index contributed by atoms with van der Waals surface area (Å²) in [5.74, 6) is 0.272. The molecule has 1 aliphatic heterocycles. The Balaban J connectivity index is 1.79. The van der Waals surface area contributed by atoms with E-state index in [1.165, 1.54) is 11.2 Å². The fraction of sp³-hybridized carbons (Fsp3) is 0.0667. The lowest BCUT2D eigenvalue weighted by molar-refractivity contribution is -0.123. The van der Waals surface area contributed by atoms with Gasteiger partial charge in [0.25, 0.3) is 11.1 Å². The first-order valence-electron chi connectivity index (χ1n) is 6.17. The number of halogens is 1. The number of carbonyl (C=O) groups excluding carboxylic acids is 2. The molecule has 21 heavy (non-hydrogen) atoms. The zero-order valence-corrected chi connectivity index (χ0v) is 13.2. The highest BCUT2D eigenvalue weighted by Crippen LogP contribution is 2.33. The average Bonchev–Trinajstić information content (AvgIpc) is 3.06. The number of hydrogen-bond donors (Lipinski definition) is 0. The van der Waals surface area contributed by atoms with Crippen LogP contribution < -0.4 is 0 Å². The van der Waals surface area contributed by atoms with Crippen LogP contribution in [0.5, 0.6) is 0 Å². The van der Waals surface area contributed by atoms with Crippen LogP contribution in [0.3, 0.4) is 0 Å². The molecule has 1 aromatic carbocycles. The minimum Gasteiger partial charge on any atom is -0.465 e. The van der Waals surface area contributed by atoms with Gasteiger partial charge in [-0.25, -0.2) is 0 Å². The van der Waals surface area contributed by atoms with E-state index in [-0.39, 0.29) is 17.7 Å². The van der Waals surface area contributed by atoms with Crippen molar-refractivity contribution >= 4 is 44.9 Å². The second-order valence-electron chi connectivity index (χ2n) is 4.41. The zero-order valence-electron chi connectivity index (χ0n) is 10.8. The Morgan fingerprint density at radius 2 is 1.95 bits per heavy atom. The summed E-state index contributed by atoms with van der Waals surface area (Å²) in [6, 6.07) is 11.0. The summed E-state index contributed by atoms with van der Waals surface area (Å²) < 4.78 is 6.13. The van der Waals surface area contributed by atoms with Gasteiger partial charge in [0, 0.05) is 10.5 Å². The predicted octanol–water partition coefficient (Wildman–Crippen LogP) is 4.28. The fourth-order valence-electron chi connectivity index (χ4n) is 1.91. The molecule has 0 bridgehead atoms. The number of benzene rings is 1. The van der Waals surface area contributed by atoms with E-state index in [1.807, 2.05) is 24.3 Å². The lowest BCUT2D eigenvalue weighted by Crippen LogP contribution is -2.27. The van der Waals surface area contributed by atoms with Gasteiger partial charge in [-0.15, -0.1) is 0 Å². The average molecular weight is 364 g/mol. The van der Waals surface area contributed by atoms with Crippen LogP contribution in [0.25, 0.3) is 6.08 Å². The van der Waals surface area contributed by atoms with Crippen molar-refractivity contribution in [3.8, 4) is 0 Å². The molecule has 3 rings (SSSR count). The highest BCUT2D eigenvalue weighted by Gasteiger charge is 2.35. The lowest BCUT2D eigenvalue weighted by Gasteiger charge is -2.12. The molecule has 2 heterocycles. The molecular formula is C15H10BrNO3S. The van der Waals surface area contributed by atoms with Crippen LogP contribution in [-0.2, 0) is 11.3 Å². The predicted molar refractivity (Wildman–Crippen MR) is 84.4 cm³/mol. The molecule has 0 spiro atoms. The summed E-state index contributed by atoms with van der Waals surface area (Å²) in [5.41, 5.74) is 0.903. The van der Waals surface area contributed by atoms with E-state index in [0.717, 1.165) is 21.8 Å². The second-order valence-corrected chi connectivity index (χ2v) is 6.32. The number of rotatable bonds is 3. The third-order valence-electron chi connectivity index (χ3n) is 2.94. The highest BCUT2D eigenvalue weighted by atomic mass is 79.9. The Hall–Kier alpha value is -1.79. The van der Waals surface area contributed by atoms with Gasteiger partial charge in [0.1, 0.15) is 5.76 Å². The number of hydrogen-bond acceptors (Lipinski definition) is 4. The van der Waals surface area contributed by atoms with Crippen LogP contribution in [0.2, 0.25) is 0 Å². The first-order valence-corrected chi connectivity index (χ1v) is 7.78. The van der Waals surface area contributed by atoms with Crippen LogP contribution in [0.15, 0.2) is 56.5 Å². The number of thioether (sulfide) groups is 1. The molecule has 0 atom stereocenters. The molecule has 1 fully saturated rings. The SMILES string of the molecule is O=C1S/C(=C\c2ccco2)C(=O)N1Cc1ccc(Br)cc1. The Morgan fingerprint density at radius 3 is 2.62 bits per heavy atom. The zero-order chi connectivity index (χ0) is 14.8. The van der Waals surface area contributed by atoms with E-state index < -0.39 is 0 Å². The van der Waals surface area contributed by atoms with Crippen molar-refractivity contribution in [1.82, 2.24) is 4.90 Å². The molecule has 0 unspecified atom stereocenters. The minimum atomic E-state index is -0.288. The molecule has 1 aliphatic rings. The van der Waals surface area contributed by atoms with Gasteiger partial charge >= 0.3 is 0 Å². The number of imide groups is 1. The molecule has 1 aromatic heterocycles. The van der Waals surface area contributed by atoms with Crippen molar-refractivity contribution in [1.29, 1.82) is 0 Å². The first kappa shape index (κ1) is 14.2. The third kappa shape index (κ3) is 3.11. The molecule has 0 aliphatic carbocycles. The van der Waals surface area contributed by atoms with Crippen molar-refractivity contribution in [3.05, 3.63) is 63.4 Å². The number of amides is 2. The summed E-state index contributed by atoms with van der Waals surface area (Å²) in [6.45, 7) is 0.271. The number of nitrogens with zero attached hydrogens (tertiary/aromatic N) is 1. The summed E-state index contributed by atoms with van der Waals surface area (Å²) >= 11 is 4.29. The first-order chi connectivity index (χ1) is 10.1. The standard InChI is InChI=1S/C15H10BrNO3S/c16-11-5-3-10(4-6-11)9-17-14(18)13(21-15(17)19)8-12-2-1-7-20-12/h1-8H,9H2/b13-8-. The van der Waals surface area contributed by atoms with Crippen molar-refractivity contribution < 1.29 is 14.0 Å². The van der Waals surface area contributed by atoms with E-state index in [4.69, 9.17) is 4.42 Å². The van der Waals surface area contributed by atoms with E-state index in [9.17, 15) is 9.59 Å². The third-order valence-corrected chi connectivity index (χ3v) is 4.38. The largest absolute Gasteiger partial charge is 0.465 e. The number of furan rings is 1. The second kappa shape index (κ2) is 5.91. The molecule has 6 heteroatoms.